The summed E-state index contributed by atoms with van der Waals surface area (Å²) in [5.41, 5.74) is 9.67. The second-order valence-corrected chi connectivity index (χ2v) is 6.12. The Morgan fingerprint density at radius 1 is 1.10 bits per heavy atom. The summed E-state index contributed by atoms with van der Waals surface area (Å²) in [4.78, 5) is 2.44. The van der Waals surface area contributed by atoms with Crippen LogP contribution in [-0.2, 0) is 7.05 Å². The quantitative estimate of drug-likeness (QED) is 0.922. The Morgan fingerprint density at radius 3 is 2.52 bits per heavy atom. The third-order valence-electron chi connectivity index (χ3n) is 4.63. The maximum atomic E-state index is 6.05. The summed E-state index contributed by atoms with van der Waals surface area (Å²) >= 11 is 0. The first-order valence-electron chi connectivity index (χ1n) is 7.71. The van der Waals surface area contributed by atoms with Crippen LogP contribution < -0.4 is 5.73 Å². The van der Waals surface area contributed by atoms with E-state index in [2.05, 4.69) is 41.3 Å². The van der Waals surface area contributed by atoms with E-state index >= 15 is 0 Å². The third-order valence-corrected chi connectivity index (χ3v) is 4.63. The van der Waals surface area contributed by atoms with Gasteiger partial charge in [0.15, 0.2) is 0 Å². The van der Waals surface area contributed by atoms with Gasteiger partial charge in [-0.15, -0.1) is 0 Å². The van der Waals surface area contributed by atoms with Gasteiger partial charge in [0.25, 0.3) is 0 Å². The van der Waals surface area contributed by atoms with Gasteiger partial charge in [-0.05, 0) is 56.4 Å². The van der Waals surface area contributed by atoms with Gasteiger partial charge in [0.05, 0.1) is 6.20 Å². The first kappa shape index (κ1) is 14.1. The average molecular weight is 284 g/mol. The lowest BCUT2D eigenvalue weighted by Gasteiger charge is -2.15. The van der Waals surface area contributed by atoms with E-state index in [-0.39, 0.29) is 0 Å². The number of aryl methyl sites for hydroxylation is 1. The molecule has 1 fully saturated rings. The number of aromatic nitrogens is 2. The van der Waals surface area contributed by atoms with Crippen molar-refractivity contribution in [2.24, 2.45) is 7.05 Å². The highest BCUT2D eigenvalue weighted by atomic mass is 15.3. The van der Waals surface area contributed by atoms with Crippen molar-refractivity contribution in [3.05, 3.63) is 36.0 Å². The Balaban J connectivity index is 1.79. The standard InChI is InChI=1S/C17H24N4/c1-20-10-3-4-13(9-11-20)14-5-7-15(8-6-14)16-12-19-21(2)17(16)18/h5-8,12-13H,3-4,9-11,18H2,1-2H3. The number of hydrogen-bond acceptors (Lipinski definition) is 3. The molecule has 4 heteroatoms. The maximum absolute atomic E-state index is 6.05. The lowest BCUT2D eigenvalue weighted by atomic mass is 9.91. The van der Waals surface area contributed by atoms with Crippen LogP contribution in [0.3, 0.4) is 0 Å². The molecule has 3 rings (SSSR count). The molecule has 0 radical (unpaired) electrons. The molecule has 1 atom stereocenters. The van der Waals surface area contributed by atoms with Crippen molar-refractivity contribution in [2.75, 3.05) is 25.9 Å². The molecule has 0 bridgehead atoms. The van der Waals surface area contributed by atoms with Crippen LogP contribution >= 0.6 is 0 Å². The van der Waals surface area contributed by atoms with Gasteiger partial charge in [-0.2, -0.15) is 5.10 Å². The van der Waals surface area contributed by atoms with Gasteiger partial charge >= 0.3 is 0 Å². The largest absolute Gasteiger partial charge is 0.383 e. The molecule has 1 unspecified atom stereocenters. The lowest BCUT2D eigenvalue weighted by Crippen LogP contribution is -2.18. The van der Waals surface area contributed by atoms with Crippen LogP contribution in [0.25, 0.3) is 11.1 Å². The molecule has 112 valence electrons. The minimum Gasteiger partial charge on any atom is -0.383 e. The van der Waals surface area contributed by atoms with E-state index in [4.69, 9.17) is 5.73 Å². The molecule has 1 aliphatic heterocycles. The molecule has 2 heterocycles. The van der Waals surface area contributed by atoms with E-state index in [0.717, 1.165) is 16.9 Å². The zero-order valence-corrected chi connectivity index (χ0v) is 12.9. The second-order valence-electron chi connectivity index (χ2n) is 6.12. The molecule has 0 aliphatic carbocycles. The van der Waals surface area contributed by atoms with E-state index in [9.17, 15) is 0 Å². The number of nitrogens with zero attached hydrogens (tertiary/aromatic N) is 3. The fourth-order valence-corrected chi connectivity index (χ4v) is 3.18. The van der Waals surface area contributed by atoms with Crippen molar-refractivity contribution < 1.29 is 0 Å². The minimum atomic E-state index is 0.690. The predicted octanol–water partition coefficient (Wildman–Crippen LogP) is 2.87. The Labute approximate surface area is 126 Å². The first-order chi connectivity index (χ1) is 10.1. The zero-order chi connectivity index (χ0) is 14.8. The van der Waals surface area contributed by atoms with Gasteiger partial charge in [0.2, 0.25) is 0 Å². The molecule has 1 saturated heterocycles. The normalized spacial score (nSPS) is 20.4. The molecule has 1 aliphatic rings. The molecular weight excluding hydrogens is 260 g/mol. The summed E-state index contributed by atoms with van der Waals surface area (Å²) in [7, 11) is 4.09. The number of nitrogens with two attached hydrogens (primary N) is 1. The first-order valence-corrected chi connectivity index (χ1v) is 7.71. The molecular formula is C17H24N4. The molecule has 2 aromatic rings. The van der Waals surface area contributed by atoms with Gasteiger partial charge in [0.1, 0.15) is 5.82 Å². The van der Waals surface area contributed by atoms with Crippen molar-refractivity contribution in [3.8, 4) is 11.1 Å². The summed E-state index contributed by atoms with van der Waals surface area (Å²) in [5, 5.41) is 4.21. The minimum absolute atomic E-state index is 0.690. The van der Waals surface area contributed by atoms with Gasteiger partial charge in [0, 0.05) is 12.6 Å². The average Bonchev–Trinajstić information content (AvgIpc) is 2.70. The van der Waals surface area contributed by atoms with E-state index in [0.29, 0.717) is 5.92 Å². The van der Waals surface area contributed by atoms with Gasteiger partial charge < -0.3 is 10.6 Å². The van der Waals surface area contributed by atoms with Crippen LogP contribution in [0.2, 0.25) is 0 Å². The van der Waals surface area contributed by atoms with E-state index in [1.54, 1.807) is 4.68 Å². The number of likely N-dealkylation sites (tertiary alicyclic amines) is 1. The van der Waals surface area contributed by atoms with Crippen LogP contribution in [-0.4, -0.2) is 34.8 Å². The highest BCUT2D eigenvalue weighted by Crippen LogP contribution is 2.31. The number of hydrogen-bond donors (Lipinski definition) is 1. The molecule has 0 amide bonds. The number of benzene rings is 1. The molecule has 0 spiro atoms. The number of nitrogen functional groups attached to an aromatic ring is 1. The molecule has 1 aromatic heterocycles. The third kappa shape index (κ3) is 2.95. The van der Waals surface area contributed by atoms with Gasteiger partial charge in [-0.25, -0.2) is 0 Å². The molecule has 1 aromatic carbocycles. The van der Waals surface area contributed by atoms with Gasteiger partial charge in [-0.1, -0.05) is 24.3 Å². The van der Waals surface area contributed by atoms with Crippen molar-refractivity contribution >= 4 is 5.82 Å². The van der Waals surface area contributed by atoms with Crippen LogP contribution in [0.5, 0.6) is 0 Å². The summed E-state index contributed by atoms with van der Waals surface area (Å²) in [6.45, 7) is 2.42. The molecule has 4 nitrogen and oxygen atoms in total. The van der Waals surface area contributed by atoms with Crippen molar-refractivity contribution in [3.63, 3.8) is 0 Å². The van der Waals surface area contributed by atoms with Crippen LogP contribution in [0.1, 0.15) is 30.7 Å². The fraction of sp³-hybridized carbons (Fsp3) is 0.471. The topological polar surface area (TPSA) is 47.1 Å². The summed E-state index contributed by atoms with van der Waals surface area (Å²) in [6, 6.07) is 8.88. The van der Waals surface area contributed by atoms with Crippen LogP contribution in [0, 0.1) is 0 Å². The SMILES string of the molecule is CN1CCCC(c2ccc(-c3cnn(C)c3N)cc2)CC1. The van der Waals surface area contributed by atoms with E-state index in [1.165, 1.54) is 37.9 Å². The van der Waals surface area contributed by atoms with Crippen LogP contribution in [0.15, 0.2) is 30.5 Å². The maximum Gasteiger partial charge on any atom is 0.129 e. The van der Waals surface area contributed by atoms with Gasteiger partial charge in [-0.3, -0.25) is 4.68 Å². The van der Waals surface area contributed by atoms with Crippen molar-refractivity contribution in [1.29, 1.82) is 0 Å². The summed E-state index contributed by atoms with van der Waals surface area (Å²) in [5.74, 6) is 1.41. The highest BCUT2D eigenvalue weighted by Gasteiger charge is 2.17. The Bertz CT molecular complexity index is 600. The molecule has 21 heavy (non-hydrogen) atoms. The summed E-state index contributed by atoms with van der Waals surface area (Å²) in [6.07, 6.45) is 5.67. The Morgan fingerprint density at radius 2 is 1.86 bits per heavy atom. The fourth-order valence-electron chi connectivity index (χ4n) is 3.18. The zero-order valence-electron chi connectivity index (χ0n) is 12.9. The second kappa shape index (κ2) is 5.90. The van der Waals surface area contributed by atoms with Crippen molar-refractivity contribution in [2.45, 2.75) is 25.2 Å². The smallest absolute Gasteiger partial charge is 0.129 e. The lowest BCUT2D eigenvalue weighted by molar-refractivity contribution is 0.347. The van der Waals surface area contributed by atoms with Crippen LogP contribution in [0.4, 0.5) is 5.82 Å². The monoisotopic (exact) mass is 284 g/mol. The summed E-state index contributed by atoms with van der Waals surface area (Å²) < 4.78 is 1.71. The Kier molecular flexibility index (Phi) is 3.97. The van der Waals surface area contributed by atoms with E-state index in [1.807, 2.05) is 13.2 Å². The van der Waals surface area contributed by atoms with E-state index < -0.39 is 0 Å². The predicted molar refractivity (Wildman–Crippen MR) is 87.1 cm³/mol. The molecule has 0 saturated carbocycles. The molecule has 2 N–H and O–H groups in total. The number of rotatable bonds is 2. The Hall–Kier alpha value is -1.81. The number of anilines is 1. The van der Waals surface area contributed by atoms with Crippen molar-refractivity contribution in [1.82, 2.24) is 14.7 Å². The highest BCUT2D eigenvalue weighted by molar-refractivity contribution is 5.73.